The number of phenolic OH excluding ortho intramolecular Hbond substituents is 2. The summed E-state index contributed by atoms with van der Waals surface area (Å²) in [4.78, 5) is 13.7. The largest absolute Gasteiger partial charge is 0.504 e. The third-order valence-corrected chi connectivity index (χ3v) is 3.50. The van der Waals surface area contributed by atoms with Crippen LogP contribution in [0.1, 0.15) is 5.56 Å². The van der Waals surface area contributed by atoms with Crippen LogP contribution in [0, 0.1) is 0 Å². The lowest BCUT2D eigenvalue weighted by molar-refractivity contribution is -0.113. The average Bonchev–Trinajstić information content (AvgIpc) is 2.60. The zero-order valence-electron chi connectivity index (χ0n) is 13.7. The summed E-state index contributed by atoms with van der Waals surface area (Å²) < 4.78 is 10.1. The number of hydrogen-bond donors (Lipinski definition) is 2. The summed E-state index contributed by atoms with van der Waals surface area (Å²) >= 11 is 0. The van der Waals surface area contributed by atoms with Gasteiger partial charge < -0.3 is 24.6 Å². The molecule has 6 heteroatoms. The molecule has 0 saturated carbocycles. The van der Waals surface area contributed by atoms with Crippen molar-refractivity contribution in [3.05, 3.63) is 48.0 Å². The summed E-state index contributed by atoms with van der Waals surface area (Å²) in [5.74, 6) is 0.415. The van der Waals surface area contributed by atoms with Gasteiger partial charge in [0.15, 0.2) is 23.0 Å². The van der Waals surface area contributed by atoms with E-state index in [-0.39, 0.29) is 17.4 Å². The van der Waals surface area contributed by atoms with Gasteiger partial charge in [-0.05, 0) is 35.9 Å². The molecule has 0 aliphatic carbocycles. The predicted octanol–water partition coefficient (Wildman–Crippen LogP) is 2.79. The number of benzene rings is 2. The Morgan fingerprint density at radius 2 is 1.58 bits per heavy atom. The summed E-state index contributed by atoms with van der Waals surface area (Å²) in [6.07, 6.45) is 3.03. The van der Waals surface area contributed by atoms with Crippen molar-refractivity contribution in [1.29, 1.82) is 0 Å². The molecule has 0 atom stereocenters. The molecule has 0 spiro atoms. The average molecular weight is 329 g/mol. The standard InChI is InChI=1S/C18H19NO5/c1-19(13-6-8-15(21)17(11-13)24-3)18(22)9-5-12-4-7-14(20)16(10-12)23-2/h4-11,20-21H,1-3H3/b9-5+. The van der Waals surface area contributed by atoms with Crippen LogP contribution in [0.3, 0.4) is 0 Å². The highest BCUT2D eigenvalue weighted by molar-refractivity contribution is 6.03. The van der Waals surface area contributed by atoms with Crippen LogP contribution < -0.4 is 14.4 Å². The Labute approximate surface area is 140 Å². The SMILES string of the molecule is COc1cc(/C=C/C(=O)N(C)c2ccc(O)c(OC)c2)ccc1O. The predicted molar refractivity (Wildman–Crippen MR) is 91.8 cm³/mol. The van der Waals surface area contributed by atoms with Gasteiger partial charge in [0.2, 0.25) is 0 Å². The maximum absolute atomic E-state index is 12.3. The number of carbonyl (C=O) groups is 1. The Balaban J connectivity index is 2.16. The van der Waals surface area contributed by atoms with E-state index >= 15 is 0 Å². The van der Waals surface area contributed by atoms with E-state index in [2.05, 4.69) is 0 Å². The topological polar surface area (TPSA) is 79.2 Å². The second kappa shape index (κ2) is 7.41. The normalized spacial score (nSPS) is 10.6. The molecule has 2 aromatic carbocycles. The van der Waals surface area contributed by atoms with Crippen molar-refractivity contribution in [2.45, 2.75) is 0 Å². The number of nitrogens with zero attached hydrogens (tertiary/aromatic N) is 1. The van der Waals surface area contributed by atoms with Gasteiger partial charge in [0.1, 0.15) is 0 Å². The molecular weight excluding hydrogens is 310 g/mol. The van der Waals surface area contributed by atoms with Crippen molar-refractivity contribution >= 4 is 17.7 Å². The van der Waals surface area contributed by atoms with E-state index in [1.165, 1.54) is 37.3 Å². The molecule has 126 valence electrons. The Bertz CT molecular complexity index is 770. The molecule has 0 fully saturated rings. The van der Waals surface area contributed by atoms with Crippen LogP contribution in [-0.2, 0) is 4.79 Å². The van der Waals surface area contributed by atoms with Crippen molar-refractivity contribution < 1.29 is 24.5 Å². The molecule has 0 unspecified atom stereocenters. The Hall–Kier alpha value is -3.15. The third-order valence-electron chi connectivity index (χ3n) is 3.50. The van der Waals surface area contributed by atoms with Crippen molar-refractivity contribution in [3.63, 3.8) is 0 Å². The quantitative estimate of drug-likeness (QED) is 0.825. The van der Waals surface area contributed by atoms with Gasteiger partial charge in [-0.1, -0.05) is 6.07 Å². The Morgan fingerprint density at radius 3 is 2.21 bits per heavy atom. The number of aromatic hydroxyl groups is 2. The van der Waals surface area contributed by atoms with Crippen molar-refractivity contribution in [3.8, 4) is 23.0 Å². The van der Waals surface area contributed by atoms with Gasteiger partial charge in [-0.15, -0.1) is 0 Å². The Kier molecular flexibility index (Phi) is 5.31. The van der Waals surface area contributed by atoms with E-state index in [9.17, 15) is 15.0 Å². The first-order valence-corrected chi connectivity index (χ1v) is 7.16. The van der Waals surface area contributed by atoms with Gasteiger partial charge >= 0.3 is 0 Å². The highest BCUT2D eigenvalue weighted by Gasteiger charge is 2.11. The monoisotopic (exact) mass is 329 g/mol. The molecule has 0 radical (unpaired) electrons. The molecule has 0 bridgehead atoms. The first kappa shape index (κ1) is 17.2. The maximum Gasteiger partial charge on any atom is 0.250 e. The first-order valence-electron chi connectivity index (χ1n) is 7.16. The molecule has 2 aromatic rings. The fourth-order valence-electron chi connectivity index (χ4n) is 2.08. The molecule has 0 heterocycles. The van der Waals surface area contributed by atoms with Gasteiger partial charge in [-0.3, -0.25) is 4.79 Å². The number of ether oxygens (including phenoxy) is 2. The van der Waals surface area contributed by atoms with E-state index in [0.29, 0.717) is 17.2 Å². The number of anilines is 1. The zero-order valence-corrected chi connectivity index (χ0v) is 13.7. The number of phenols is 2. The van der Waals surface area contributed by atoms with Gasteiger partial charge in [-0.25, -0.2) is 0 Å². The number of methoxy groups -OCH3 is 2. The van der Waals surface area contributed by atoms with Crippen LogP contribution in [0.5, 0.6) is 23.0 Å². The van der Waals surface area contributed by atoms with E-state index in [4.69, 9.17) is 9.47 Å². The smallest absolute Gasteiger partial charge is 0.250 e. The van der Waals surface area contributed by atoms with Crippen LogP contribution in [0.15, 0.2) is 42.5 Å². The van der Waals surface area contributed by atoms with Gasteiger partial charge in [-0.2, -0.15) is 0 Å². The fraction of sp³-hybridized carbons (Fsp3) is 0.167. The highest BCUT2D eigenvalue weighted by atomic mass is 16.5. The van der Waals surface area contributed by atoms with E-state index in [1.54, 1.807) is 37.4 Å². The third kappa shape index (κ3) is 3.78. The van der Waals surface area contributed by atoms with Crippen molar-refractivity contribution in [2.24, 2.45) is 0 Å². The Morgan fingerprint density at radius 1 is 1.00 bits per heavy atom. The molecule has 0 aromatic heterocycles. The molecule has 0 aliphatic rings. The van der Waals surface area contributed by atoms with Crippen LogP contribution >= 0.6 is 0 Å². The molecule has 6 nitrogen and oxygen atoms in total. The van der Waals surface area contributed by atoms with Crippen molar-refractivity contribution in [1.82, 2.24) is 0 Å². The summed E-state index contributed by atoms with van der Waals surface area (Å²) in [6, 6.07) is 9.45. The second-order valence-corrected chi connectivity index (χ2v) is 5.02. The summed E-state index contributed by atoms with van der Waals surface area (Å²) in [5.41, 5.74) is 1.30. The zero-order chi connectivity index (χ0) is 17.7. The lowest BCUT2D eigenvalue weighted by Gasteiger charge is -2.16. The number of amides is 1. The molecule has 0 aliphatic heterocycles. The minimum atomic E-state index is -0.255. The van der Waals surface area contributed by atoms with Crippen LogP contribution in [0.4, 0.5) is 5.69 Å². The minimum Gasteiger partial charge on any atom is -0.504 e. The van der Waals surface area contributed by atoms with Crippen LogP contribution in [-0.4, -0.2) is 37.4 Å². The summed E-state index contributed by atoms with van der Waals surface area (Å²) in [6.45, 7) is 0. The van der Waals surface area contributed by atoms with E-state index in [0.717, 1.165) is 5.56 Å². The van der Waals surface area contributed by atoms with Gasteiger partial charge in [0, 0.05) is 24.9 Å². The van der Waals surface area contributed by atoms with Crippen LogP contribution in [0.2, 0.25) is 0 Å². The molecular formula is C18H19NO5. The van der Waals surface area contributed by atoms with E-state index in [1.807, 2.05) is 0 Å². The first-order chi connectivity index (χ1) is 11.5. The number of likely N-dealkylation sites (N-methyl/N-ethyl adjacent to an activating group) is 1. The van der Waals surface area contributed by atoms with Gasteiger partial charge in [0.25, 0.3) is 5.91 Å². The molecule has 2 rings (SSSR count). The van der Waals surface area contributed by atoms with Crippen molar-refractivity contribution in [2.75, 3.05) is 26.2 Å². The van der Waals surface area contributed by atoms with E-state index < -0.39 is 0 Å². The highest BCUT2D eigenvalue weighted by Crippen LogP contribution is 2.30. The molecule has 2 N–H and O–H groups in total. The summed E-state index contributed by atoms with van der Waals surface area (Å²) in [5, 5.41) is 19.2. The maximum atomic E-state index is 12.3. The minimum absolute atomic E-state index is 0.00818. The molecule has 0 saturated heterocycles. The summed E-state index contributed by atoms with van der Waals surface area (Å²) in [7, 11) is 4.52. The number of rotatable bonds is 5. The van der Waals surface area contributed by atoms with Gasteiger partial charge in [0.05, 0.1) is 14.2 Å². The second-order valence-electron chi connectivity index (χ2n) is 5.02. The lowest BCUT2D eigenvalue weighted by atomic mass is 10.2. The molecule has 24 heavy (non-hydrogen) atoms. The molecule has 1 amide bonds. The lowest BCUT2D eigenvalue weighted by Crippen LogP contribution is -2.23. The number of hydrogen-bond acceptors (Lipinski definition) is 5. The van der Waals surface area contributed by atoms with Crippen LogP contribution in [0.25, 0.3) is 6.08 Å². The number of carbonyl (C=O) groups excluding carboxylic acids is 1. The fourth-order valence-corrected chi connectivity index (χ4v) is 2.08.